The van der Waals surface area contributed by atoms with Gasteiger partial charge < -0.3 is 4.74 Å². The Bertz CT molecular complexity index is 1270. The number of hydrogen-bond acceptors (Lipinski definition) is 5. The average Bonchev–Trinajstić information content (AvgIpc) is 3.22. The van der Waals surface area contributed by atoms with Gasteiger partial charge in [-0.05, 0) is 66.6 Å². The fourth-order valence-electron chi connectivity index (χ4n) is 2.92. The summed E-state index contributed by atoms with van der Waals surface area (Å²) in [6, 6.07) is 23.0. The molecule has 0 fully saturated rings. The highest BCUT2D eigenvalue weighted by molar-refractivity contribution is 9.10. The fraction of sp³-hybridized carbons (Fsp3) is 0.0800. The summed E-state index contributed by atoms with van der Waals surface area (Å²) in [5, 5.41) is 6.30. The van der Waals surface area contributed by atoms with Gasteiger partial charge >= 0.3 is 0 Å². The van der Waals surface area contributed by atoms with E-state index in [1.165, 1.54) is 22.4 Å². The molecule has 4 rings (SSSR count). The van der Waals surface area contributed by atoms with Gasteiger partial charge in [-0.2, -0.15) is 10.1 Å². The topological polar surface area (TPSA) is 54.8 Å². The van der Waals surface area contributed by atoms with Gasteiger partial charge in [0.2, 0.25) is 5.13 Å². The summed E-state index contributed by atoms with van der Waals surface area (Å²) in [5.41, 5.74) is 2.60. The van der Waals surface area contributed by atoms with Crippen LogP contribution in [0.15, 0.2) is 88.4 Å². The highest BCUT2D eigenvalue weighted by atomic mass is 79.9. The molecule has 0 saturated heterocycles. The van der Waals surface area contributed by atoms with Gasteiger partial charge in [-0.15, -0.1) is 0 Å². The predicted octanol–water partition coefficient (Wildman–Crippen LogP) is 6.54. The van der Waals surface area contributed by atoms with Crippen molar-refractivity contribution in [3.63, 3.8) is 0 Å². The maximum atomic E-state index is 13.1. The normalized spacial score (nSPS) is 11.4. The first-order valence-corrected chi connectivity index (χ1v) is 11.6. The summed E-state index contributed by atoms with van der Waals surface area (Å²) < 4.78 is 7.41. The van der Waals surface area contributed by atoms with Crippen LogP contribution in [0.5, 0.6) is 5.75 Å². The number of nitrogens with zero attached hydrogens (tertiary/aromatic N) is 3. The molecule has 5 nitrogen and oxygen atoms in total. The van der Waals surface area contributed by atoms with Crippen LogP contribution in [0.1, 0.15) is 18.1 Å². The number of fused-ring (bicyclic) bond motifs is 1. The van der Waals surface area contributed by atoms with E-state index in [9.17, 15) is 4.79 Å². The van der Waals surface area contributed by atoms with E-state index in [2.05, 4.69) is 26.0 Å². The highest BCUT2D eigenvalue weighted by Gasteiger charge is 2.17. The van der Waals surface area contributed by atoms with Crippen molar-refractivity contribution in [3.05, 3.63) is 94.5 Å². The van der Waals surface area contributed by atoms with Crippen LogP contribution in [0.4, 0.5) is 5.13 Å². The molecule has 0 spiro atoms. The number of halogens is 1. The van der Waals surface area contributed by atoms with Gasteiger partial charge in [0.05, 0.1) is 23.0 Å². The van der Waals surface area contributed by atoms with Crippen molar-refractivity contribution in [2.75, 3.05) is 11.6 Å². The molecule has 160 valence electrons. The Kier molecular flexibility index (Phi) is 7.09. The SMILES string of the molecule is CCOc1ccc(/C=N/N(C(=O)/C=C/c2ccccc2)c2nc3ccc(Br)cc3s2)cc1. The number of ether oxygens (including phenoxy) is 1. The van der Waals surface area contributed by atoms with Crippen molar-refractivity contribution in [1.29, 1.82) is 0 Å². The Balaban J connectivity index is 1.64. The first kappa shape index (κ1) is 21.9. The molecular formula is C25H20BrN3O2S. The Morgan fingerprint density at radius 3 is 2.62 bits per heavy atom. The standard InChI is InChI=1S/C25H20BrN3O2S/c1-2-31-21-12-8-19(9-13-21)17-27-29(24(30)15-10-18-6-4-3-5-7-18)25-28-22-14-11-20(26)16-23(22)32-25/h3-17H,2H2,1H3/b15-10+,27-17+. The van der Waals surface area contributed by atoms with Gasteiger partial charge in [0.15, 0.2) is 0 Å². The molecular weight excluding hydrogens is 486 g/mol. The van der Waals surface area contributed by atoms with Crippen LogP contribution in [0.3, 0.4) is 0 Å². The second-order valence-electron chi connectivity index (χ2n) is 6.75. The third-order valence-electron chi connectivity index (χ3n) is 4.46. The van der Waals surface area contributed by atoms with Crippen molar-refractivity contribution in [2.45, 2.75) is 6.92 Å². The van der Waals surface area contributed by atoms with Crippen LogP contribution < -0.4 is 9.75 Å². The summed E-state index contributed by atoms with van der Waals surface area (Å²) in [7, 11) is 0. The second kappa shape index (κ2) is 10.3. The van der Waals surface area contributed by atoms with Gasteiger partial charge in [-0.3, -0.25) is 4.79 Å². The van der Waals surface area contributed by atoms with E-state index in [4.69, 9.17) is 4.74 Å². The molecule has 0 saturated carbocycles. The van der Waals surface area contributed by atoms with Crippen LogP contribution in [0, 0.1) is 0 Å². The molecule has 0 bridgehead atoms. The second-order valence-corrected chi connectivity index (χ2v) is 8.67. The highest BCUT2D eigenvalue weighted by Crippen LogP contribution is 2.31. The summed E-state index contributed by atoms with van der Waals surface area (Å²) in [5.74, 6) is 0.509. The lowest BCUT2D eigenvalue weighted by Gasteiger charge is -2.11. The summed E-state index contributed by atoms with van der Waals surface area (Å²) in [4.78, 5) is 17.7. The molecule has 0 unspecified atom stereocenters. The van der Waals surface area contributed by atoms with E-state index < -0.39 is 0 Å². The van der Waals surface area contributed by atoms with E-state index in [1.807, 2.05) is 79.7 Å². The zero-order valence-corrected chi connectivity index (χ0v) is 19.7. The lowest BCUT2D eigenvalue weighted by atomic mass is 10.2. The Morgan fingerprint density at radius 1 is 1.09 bits per heavy atom. The number of anilines is 1. The number of thiazole rings is 1. The molecule has 32 heavy (non-hydrogen) atoms. The zero-order valence-electron chi connectivity index (χ0n) is 17.3. The summed E-state index contributed by atoms with van der Waals surface area (Å²) in [6.45, 7) is 2.55. The predicted molar refractivity (Wildman–Crippen MR) is 135 cm³/mol. The summed E-state index contributed by atoms with van der Waals surface area (Å²) in [6.07, 6.45) is 4.92. The first-order valence-electron chi connectivity index (χ1n) is 10.0. The Labute approximate surface area is 198 Å². The van der Waals surface area contributed by atoms with Crippen molar-refractivity contribution in [3.8, 4) is 5.75 Å². The van der Waals surface area contributed by atoms with Crippen LogP contribution in [-0.4, -0.2) is 23.7 Å². The molecule has 1 heterocycles. The molecule has 0 aliphatic rings. The minimum atomic E-state index is -0.283. The van der Waals surface area contributed by atoms with E-state index in [0.29, 0.717) is 11.7 Å². The quantitative estimate of drug-likeness (QED) is 0.163. The molecule has 0 aliphatic carbocycles. The maximum Gasteiger partial charge on any atom is 0.273 e. The van der Waals surface area contributed by atoms with Crippen LogP contribution >= 0.6 is 27.3 Å². The van der Waals surface area contributed by atoms with Crippen LogP contribution in [0.25, 0.3) is 16.3 Å². The van der Waals surface area contributed by atoms with Crippen molar-refractivity contribution < 1.29 is 9.53 Å². The smallest absolute Gasteiger partial charge is 0.273 e. The third kappa shape index (κ3) is 5.49. The van der Waals surface area contributed by atoms with Crippen molar-refractivity contribution in [2.24, 2.45) is 5.10 Å². The molecule has 4 aromatic rings. The van der Waals surface area contributed by atoms with Gasteiger partial charge in [0.25, 0.3) is 5.91 Å². The largest absolute Gasteiger partial charge is 0.494 e. The van der Waals surface area contributed by atoms with Gasteiger partial charge in [0.1, 0.15) is 5.75 Å². The van der Waals surface area contributed by atoms with Crippen molar-refractivity contribution >= 4 is 60.8 Å². The average molecular weight is 506 g/mol. The molecule has 0 radical (unpaired) electrons. The van der Waals surface area contributed by atoms with Gasteiger partial charge in [-0.25, -0.2) is 4.98 Å². The number of hydrogen-bond donors (Lipinski definition) is 0. The Morgan fingerprint density at radius 2 is 1.88 bits per heavy atom. The summed E-state index contributed by atoms with van der Waals surface area (Å²) >= 11 is 4.89. The minimum absolute atomic E-state index is 0.283. The molecule has 1 amide bonds. The lowest BCUT2D eigenvalue weighted by molar-refractivity contribution is -0.114. The number of carbonyl (C=O) groups excluding carboxylic acids is 1. The lowest BCUT2D eigenvalue weighted by Crippen LogP contribution is -2.23. The first-order chi connectivity index (χ1) is 15.6. The van der Waals surface area contributed by atoms with Crippen LogP contribution in [-0.2, 0) is 4.79 Å². The zero-order chi connectivity index (χ0) is 22.3. The van der Waals surface area contributed by atoms with E-state index >= 15 is 0 Å². The van der Waals surface area contributed by atoms with E-state index in [-0.39, 0.29) is 5.91 Å². The number of hydrazone groups is 1. The minimum Gasteiger partial charge on any atom is -0.494 e. The number of carbonyl (C=O) groups is 1. The monoisotopic (exact) mass is 505 g/mol. The molecule has 0 aliphatic heterocycles. The van der Waals surface area contributed by atoms with Crippen molar-refractivity contribution in [1.82, 2.24) is 4.98 Å². The Hall–Kier alpha value is -3.29. The molecule has 3 aromatic carbocycles. The number of aromatic nitrogens is 1. The third-order valence-corrected chi connectivity index (χ3v) is 5.95. The van der Waals surface area contributed by atoms with E-state index in [1.54, 1.807) is 12.3 Å². The number of benzene rings is 3. The molecule has 7 heteroatoms. The number of amides is 1. The molecule has 1 aromatic heterocycles. The van der Waals surface area contributed by atoms with Gasteiger partial charge in [0, 0.05) is 10.5 Å². The van der Waals surface area contributed by atoms with Gasteiger partial charge in [-0.1, -0.05) is 57.6 Å². The van der Waals surface area contributed by atoms with E-state index in [0.717, 1.165) is 31.6 Å². The molecule has 0 atom stereocenters. The maximum absolute atomic E-state index is 13.1. The fourth-order valence-corrected chi connectivity index (χ4v) is 4.40. The van der Waals surface area contributed by atoms with Crippen LogP contribution in [0.2, 0.25) is 0 Å². The number of rotatable bonds is 7. The molecule has 0 N–H and O–H groups in total.